The molecule has 3 rings (SSSR count). The molecule has 2 atom stereocenters. The predicted molar refractivity (Wildman–Crippen MR) is 134 cm³/mol. The van der Waals surface area contributed by atoms with E-state index in [-0.39, 0.29) is 10.9 Å². The standard InChI is InChI=1S/C25H27ClN2O5S/c1-15-12-24(16(2)11-22(15)26)34(32,33)28-21-6-4-5-20(13-21)19-9-7-18(8-10-19)17(3)27-23(14-29)25(30)31/h4-13,17,23,27-29H,14H2,1-3H3,(H,30,31). The van der Waals surface area contributed by atoms with Crippen molar-refractivity contribution in [2.45, 2.75) is 37.8 Å². The predicted octanol–water partition coefficient (Wildman–Crippen LogP) is 4.52. The van der Waals surface area contributed by atoms with Gasteiger partial charge in [0, 0.05) is 16.8 Å². The van der Waals surface area contributed by atoms with Crippen LogP contribution in [0.1, 0.15) is 29.7 Å². The van der Waals surface area contributed by atoms with E-state index < -0.39 is 28.6 Å². The minimum absolute atomic E-state index is 0.174. The SMILES string of the molecule is Cc1cc(S(=O)(=O)Nc2cccc(-c3ccc(C(C)NC(CO)C(=O)O)cc3)c2)c(C)cc1Cl. The number of sulfonamides is 1. The summed E-state index contributed by atoms with van der Waals surface area (Å²) < 4.78 is 28.6. The average molecular weight is 503 g/mol. The summed E-state index contributed by atoms with van der Waals surface area (Å²) in [7, 11) is -3.81. The van der Waals surface area contributed by atoms with E-state index in [1.807, 2.05) is 37.3 Å². The zero-order valence-electron chi connectivity index (χ0n) is 19.0. The van der Waals surface area contributed by atoms with Gasteiger partial charge in [-0.25, -0.2) is 8.42 Å². The van der Waals surface area contributed by atoms with Gasteiger partial charge >= 0.3 is 5.97 Å². The highest BCUT2D eigenvalue weighted by molar-refractivity contribution is 7.92. The number of hydrogen-bond acceptors (Lipinski definition) is 5. The molecule has 34 heavy (non-hydrogen) atoms. The molecule has 0 amide bonds. The first-order chi connectivity index (χ1) is 16.0. The van der Waals surface area contributed by atoms with Crippen molar-refractivity contribution in [2.75, 3.05) is 11.3 Å². The van der Waals surface area contributed by atoms with Gasteiger partial charge in [0.1, 0.15) is 6.04 Å². The molecule has 0 aliphatic rings. The number of aliphatic carboxylic acids is 1. The van der Waals surface area contributed by atoms with Crippen LogP contribution >= 0.6 is 11.6 Å². The Hall–Kier alpha value is -2.91. The highest BCUT2D eigenvalue weighted by atomic mass is 35.5. The van der Waals surface area contributed by atoms with Gasteiger partial charge in [0.2, 0.25) is 0 Å². The molecule has 180 valence electrons. The lowest BCUT2D eigenvalue weighted by molar-refractivity contribution is -0.140. The smallest absolute Gasteiger partial charge is 0.323 e. The number of nitrogens with one attached hydrogen (secondary N) is 2. The highest BCUT2D eigenvalue weighted by Crippen LogP contribution is 2.28. The fourth-order valence-corrected chi connectivity index (χ4v) is 5.16. The Morgan fingerprint density at radius 3 is 2.29 bits per heavy atom. The van der Waals surface area contributed by atoms with Crippen molar-refractivity contribution in [2.24, 2.45) is 0 Å². The normalized spacial score (nSPS) is 13.3. The Morgan fingerprint density at radius 1 is 1.00 bits per heavy atom. The molecule has 0 heterocycles. The van der Waals surface area contributed by atoms with Crippen molar-refractivity contribution in [3.8, 4) is 11.1 Å². The fraction of sp³-hybridized carbons (Fsp3) is 0.240. The third-order valence-corrected chi connectivity index (χ3v) is 7.47. The molecule has 0 saturated carbocycles. The van der Waals surface area contributed by atoms with E-state index >= 15 is 0 Å². The second-order valence-corrected chi connectivity index (χ2v) is 10.2. The summed E-state index contributed by atoms with van der Waals surface area (Å²) in [5.74, 6) is -1.12. The number of carboxylic acid groups (broad SMARTS) is 1. The van der Waals surface area contributed by atoms with Crippen molar-refractivity contribution < 1.29 is 23.4 Å². The highest BCUT2D eigenvalue weighted by Gasteiger charge is 2.20. The number of halogens is 1. The van der Waals surface area contributed by atoms with Crippen molar-refractivity contribution in [3.05, 3.63) is 82.4 Å². The monoisotopic (exact) mass is 502 g/mol. The molecule has 0 aliphatic carbocycles. The maximum atomic E-state index is 13.0. The van der Waals surface area contributed by atoms with Crippen LogP contribution < -0.4 is 10.0 Å². The third kappa shape index (κ3) is 5.95. The number of carboxylic acids is 1. The molecule has 0 radical (unpaired) electrons. The Morgan fingerprint density at radius 2 is 1.68 bits per heavy atom. The van der Waals surface area contributed by atoms with Crippen molar-refractivity contribution >= 4 is 33.3 Å². The first-order valence-electron chi connectivity index (χ1n) is 10.6. The van der Waals surface area contributed by atoms with Crippen molar-refractivity contribution in [3.63, 3.8) is 0 Å². The van der Waals surface area contributed by atoms with Crippen LogP contribution in [0.25, 0.3) is 11.1 Å². The lowest BCUT2D eigenvalue weighted by Gasteiger charge is -2.19. The number of anilines is 1. The van der Waals surface area contributed by atoms with Gasteiger partial charge in [0.25, 0.3) is 10.0 Å². The van der Waals surface area contributed by atoms with E-state index in [9.17, 15) is 18.3 Å². The summed E-state index contributed by atoms with van der Waals surface area (Å²) in [6, 6.07) is 16.4. The summed E-state index contributed by atoms with van der Waals surface area (Å²) in [6.07, 6.45) is 0. The van der Waals surface area contributed by atoms with E-state index in [2.05, 4.69) is 10.0 Å². The molecule has 0 aliphatic heterocycles. The number of hydrogen-bond donors (Lipinski definition) is 4. The maximum absolute atomic E-state index is 13.0. The maximum Gasteiger partial charge on any atom is 0.323 e. The van der Waals surface area contributed by atoms with E-state index in [1.165, 1.54) is 0 Å². The van der Waals surface area contributed by atoms with Gasteiger partial charge in [-0.2, -0.15) is 0 Å². The molecule has 0 spiro atoms. The number of aliphatic hydroxyl groups is 1. The average Bonchev–Trinajstić information content (AvgIpc) is 2.79. The van der Waals surface area contributed by atoms with Gasteiger partial charge in [-0.3, -0.25) is 14.8 Å². The van der Waals surface area contributed by atoms with E-state index in [4.69, 9.17) is 16.7 Å². The van der Waals surface area contributed by atoms with E-state index in [0.717, 1.165) is 16.7 Å². The third-order valence-electron chi connectivity index (χ3n) is 5.54. The molecule has 9 heteroatoms. The molecular formula is C25H27ClN2O5S. The van der Waals surface area contributed by atoms with Crippen LogP contribution in [0.3, 0.4) is 0 Å². The van der Waals surface area contributed by atoms with Gasteiger partial charge in [-0.05, 0) is 72.9 Å². The lowest BCUT2D eigenvalue weighted by Crippen LogP contribution is -2.41. The van der Waals surface area contributed by atoms with Crippen LogP contribution in [0.15, 0.2) is 65.6 Å². The van der Waals surface area contributed by atoms with Gasteiger partial charge in [-0.1, -0.05) is 48.0 Å². The Balaban J connectivity index is 1.80. The molecule has 3 aromatic carbocycles. The van der Waals surface area contributed by atoms with Gasteiger partial charge in [-0.15, -0.1) is 0 Å². The molecule has 0 fully saturated rings. The summed E-state index contributed by atoms with van der Waals surface area (Å²) in [5, 5.41) is 21.7. The van der Waals surface area contributed by atoms with E-state index in [1.54, 1.807) is 44.2 Å². The Labute approximate surface area is 204 Å². The second kappa shape index (κ2) is 10.6. The summed E-state index contributed by atoms with van der Waals surface area (Å²) in [6.45, 7) is 4.77. The van der Waals surface area contributed by atoms with E-state index in [0.29, 0.717) is 21.8 Å². The molecule has 4 N–H and O–H groups in total. The zero-order valence-corrected chi connectivity index (χ0v) is 20.6. The molecule has 7 nitrogen and oxygen atoms in total. The number of aliphatic hydroxyl groups excluding tert-OH is 1. The van der Waals surface area contributed by atoms with Crippen LogP contribution in [0.5, 0.6) is 0 Å². The van der Waals surface area contributed by atoms with Gasteiger partial charge < -0.3 is 10.2 Å². The summed E-state index contributed by atoms with van der Waals surface area (Å²) >= 11 is 6.10. The molecule has 2 unspecified atom stereocenters. The first kappa shape index (κ1) is 25.7. The van der Waals surface area contributed by atoms with Crippen LogP contribution in [0.4, 0.5) is 5.69 Å². The zero-order chi connectivity index (χ0) is 25.0. The summed E-state index contributed by atoms with van der Waals surface area (Å²) in [5.41, 5.74) is 4.20. The lowest BCUT2D eigenvalue weighted by atomic mass is 10.0. The Kier molecular flexibility index (Phi) is 7.99. The van der Waals surface area contributed by atoms with Crippen molar-refractivity contribution in [1.82, 2.24) is 5.32 Å². The largest absolute Gasteiger partial charge is 0.480 e. The molecular weight excluding hydrogens is 476 g/mol. The number of benzene rings is 3. The quantitative estimate of drug-likeness (QED) is 0.342. The van der Waals surface area contributed by atoms with Crippen LogP contribution in [0.2, 0.25) is 5.02 Å². The first-order valence-corrected chi connectivity index (χ1v) is 12.5. The van der Waals surface area contributed by atoms with Gasteiger partial charge in [0.05, 0.1) is 11.5 Å². The molecule has 0 aromatic heterocycles. The van der Waals surface area contributed by atoms with Crippen LogP contribution in [-0.4, -0.2) is 37.2 Å². The minimum Gasteiger partial charge on any atom is -0.480 e. The van der Waals surface area contributed by atoms with Crippen molar-refractivity contribution in [1.29, 1.82) is 0 Å². The van der Waals surface area contributed by atoms with Crippen LogP contribution in [0, 0.1) is 13.8 Å². The molecule has 3 aromatic rings. The Bertz CT molecular complexity index is 1290. The second-order valence-electron chi connectivity index (χ2n) is 8.14. The van der Waals surface area contributed by atoms with Crippen LogP contribution in [-0.2, 0) is 14.8 Å². The topological polar surface area (TPSA) is 116 Å². The fourth-order valence-electron chi connectivity index (χ4n) is 3.58. The minimum atomic E-state index is -3.81. The number of rotatable bonds is 9. The summed E-state index contributed by atoms with van der Waals surface area (Å²) in [4.78, 5) is 11.3. The molecule has 0 bridgehead atoms. The molecule has 0 saturated heterocycles. The number of aryl methyl sites for hydroxylation is 2. The number of carbonyl (C=O) groups is 1. The van der Waals surface area contributed by atoms with Gasteiger partial charge in [0.15, 0.2) is 0 Å².